The molecule has 0 unspecified atom stereocenters. The van der Waals surface area contributed by atoms with E-state index in [0.717, 1.165) is 32.0 Å². The Labute approximate surface area is 116 Å². The van der Waals surface area contributed by atoms with Crippen LogP contribution in [0.2, 0.25) is 0 Å². The number of hydrogen-bond donors (Lipinski definition) is 3. The van der Waals surface area contributed by atoms with E-state index >= 15 is 0 Å². The molecular formula is C13H17N3O4. The number of phenols is 1. The molecule has 7 heteroatoms. The Hall–Kier alpha value is -2.15. The van der Waals surface area contributed by atoms with Crippen molar-refractivity contribution in [1.82, 2.24) is 5.32 Å². The van der Waals surface area contributed by atoms with E-state index in [1.807, 2.05) is 0 Å². The van der Waals surface area contributed by atoms with E-state index in [1.165, 1.54) is 12.1 Å². The molecule has 2 rings (SSSR count). The van der Waals surface area contributed by atoms with Crippen LogP contribution in [-0.4, -0.2) is 29.0 Å². The number of piperidine rings is 1. The number of non-ortho nitro benzene ring substituents is 1. The summed E-state index contributed by atoms with van der Waals surface area (Å²) in [6.45, 7) is 1.81. The van der Waals surface area contributed by atoms with Gasteiger partial charge in [0.2, 0.25) is 5.91 Å². The zero-order chi connectivity index (χ0) is 14.5. The molecule has 1 saturated heterocycles. The molecular weight excluding hydrogens is 262 g/mol. The lowest BCUT2D eigenvalue weighted by Crippen LogP contribution is -2.30. The molecule has 1 amide bonds. The monoisotopic (exact) mass is 279 g/mol. The lowest BCUT2D eigenvalue weighted by molar-refractivity contribution is -0.384. The highest BCUT2D eigenvalue weighted by Crippen LogP contribution is 2.28. The molecule has 1 aromatic rings. The molecule has 108 valence electrons. The quantitative estimate of drug-likeness (QED) is 0.441. The third-order valence-electron chi connectivity index (χ3n) is 3.40. The number of aromatic hydroxyl groups is 1. The van der Waals surface area contributed by atoms with Gasteiger partial charge in [-0.2, -0.15) is 0 Å². The van der Waals surface area contributed by atoms with Crippen LogP contribution >= 0.6 is 0 Å². The zero-order valence-corrected chi connectivity index (χ0v) is 11.0. The highest BCUT2D eigenvalue weighted by Gasteiger charge is 2.18. The Bertz CT molecular complexity index is 512. The molecule has 0 spiro atoms. The van der Waals surface area contributed by atoms with E-state index in [9.17, 15) is 20.0 Å². The van der Waals surface area contributed by atoms with Crippen LogP contribution in [0.5, 0.6) is 5.75 Å². The first-order chi connectivity index (χ1) is 9.56. The van der Waals surface area contributed by atoms with Crippen LogP contribution in [-0.2, 0) is 4.79 Å². The van der Waals surface area contributed by atoms with Crippen LogP contribution in [0.25, 0.3) is 0 Å². The average Bonchev–Trinajstić information content (AvgIpc) is 2.42. The minimum Gasteiger partial charge on any atom is -0.506 e. The summed E-state index contributed by atoms with van der Waals surface area (Å²) in [4.78, 5) is 22.0. The highest BCUT2D eigenvalue weighted by atomic mass is 16.6. The Morgan fingerprint density at radius 3 is 2.80 bits per heavy atom. The number of nitrogens with one attached hydrogen (secondary N) is 2. The topological polar surface area (TPSA) is 104 Å². The van der Waals surface area contributed by atoms with Crippen molar-refractivity contribution in [2.45, 2.75) is 19.3 Å². The SMILES string of the molecule is O=C(CC1CCNCC1)Nc1cc([N+](=O)[O-])ccc1O. The van der Waals surface area contributed by atoms with Gasteiger partial charge in [-0.25, -0.2) is 0 Å². The van der Waals surface area contributed by atoms with Crippen molar-refractivity contribution in [3.8, 4) is 5.75 Å². The molecule has 20 heavy (non-hydrogen) atoms. The summed E-state index contributed by atoms with van der Waals surface area (Å²) in [5.41, 5.74) is -0.0851. The summed E-state index contributed by atoms with van der Waals surface area (Å²) in [7, 11) is 0. The molecule has 7 nitrogen and oxygen atoms in total. The minimum atomic E-state index is -0.568. The van der Waals surface area contributed by atoms with Gasteiger partial charge in [-0.1, -0.05) is 0 Å². The third-order valence-corrected chi connectivity index (χ3v) is 3.40. The van der Waals surface area contributed by atoms with Crippen LogP contribution < -0.4 is 10.6 Å². The first-order valence-electron chi connectivity index (χ1n) is 6.54. The predicted molar refractivity (Wildman–Crippen MR) is 73.6 cm³/mol. The average molecular weight is 279 g/mol. The summed E-state index contributed by atoms with van der Waals surface area (Å²) >= 11 is 0. The van der Waals surface area contributed by atoms with Crippen LogP contribution in [0, 0.1) is 16.0 Å². The first kappa shape index (κ1) is 14.3. The Morgan fingerprint density at radius 1 is 1.45 bits per heavy atom. The summed E-state index contributed by atoms with van der Waals surface area (Å²) < 4.78 is 0. The standard InChI is InChI=1S/C13H17N3O4/c17-12-2-1-10(16(19)20)8-11(12)15-13(18)7-9-3-5-14-6-4-9/h1-2,8-9,14,17H,3-7H2,(H,15,18). The fourth-order valence-electron chi connectivity index (χ4n) is 2.29. The normalized spacial score (nSPS) is 15.8. The molecule has 0 radical (unpaired) electrons. The van der Waals surface area contributed by atoms with Gasteiger partial charge in [0.25, 0.3) is 5.69 Å². The van der Waals surface area contributed by atoms with Gasteiger partial charge in [-0.05, 0) is 37.9 Å². The lowest BCUT2D eigenvalue weighted by atomic mass is 9.94. The number of carbonyl (C=O) groups is 1. The maximum Gasteiger partial charge on any atom is 0.271 e. The molecule has 1 aliphatic heterocycles. The van der Waals surface area contributed by atoms with Gasteiger partial charge in [0.05, 0.1) is 10.6 Å². The zero-order valence-electron chi connectivity index (χ0n) is 11.0. The maximum absolute atomic E-state index is 11.9. The number of anilines is 1. The van der Waals surface area contributed by atoms with E-state index in [1.54, 1.807) is 0 Å². The molecule has 0 aromatic heterocycles. The van der Waals surface area contributed by atoms with Crippen molar-refractivity contribution in [2.75, 3.05) is 18.4 Å². The van der Waals surface area contributed by atoms with E-state index in [-0.39, 0.29) is 23.0 Å². The van der Waals surface area contributed by atoms with Crippen LogP contribution in [0.1, 0.15) is 19.3 Å². The van der Waals surface area contributed by atoms with Crippen molar-refractivity contribution in [1.29, 1.82) is 0 Å². The summed E-state index contributed by atoms with van der Waals surface area (Å²) in [6, 6.07) is 3.56. The number of nitrogens with zero attached hydrogens (tertiary/aromatic N) is 1. The van der Waals surface area contributed by atoms with E-state index in [2.05, 4.69) is 10.6 Å². The largest absolute Gasteiger partial charge is 0.506 e. The molecule has 1 fully saturated rings. The van der Waals surface area contributed by atoms with Crippen molar-refractivity contribution < 1.29 is 14.8 Å². The van der Waals surface area contributed by atoms with Crippen molar-refractivity contribution >= 4 is 17.3 Å². The molecule has 1 heterocycles. The van der Waals surface area contributed by atoms with Crippen LogP contribution in [0.4, 0.5) is 11.4 Å². The van der Waals surface area contributed by atoms with Crippen molar-refractivity contribution in [2.24, 2.45) is 5.92 Å². The molecule has 3 N–H and O–H groups in total. The molecule has 1 aromatic carbocycles. The first-order valence-corrected chi connectivity index (χ1v) is 6.54. The van der Waals surface area contributed by atoms with Gasteiger partial charge in [-0.15, -0.1) is 0 Å². The lowest BCUT2D eigenvalue weighted by Gasteiger charge is -2.21. The van der Waals surface area contributed by atoms with Gasteiger partial charge in [0, 0.05) is 18.6 Å². The summed E-state index contributed by atoms with van der Waals surface area (Å²) in [5, 5.41) is 26.1. The highest BCUT2D eigenvalue weighted by molar-refractivity contribution is 5.92. The van der Waals surface area contributed by atoms with Crippen molar-refractivity contribution in [3.05, 3.63) is 28.3 Å². The Morgan fingerprint density at radius 2 is 2.15 bits per heavy atom. The molecule has 0 atom stereocenters. The Kier molecular flexibility index (Phi) is 4.52. The number of amides is 1. The second-order valence-corrected chi connectivity index (χ2v) is 4.90. The number of benzene rings is 1. The van der Waals surface area contributed by atoms with Gasteiger partial charge in [0.15, 0.2) is 0 Å². The van der Waals surface area contributed by atoms with Crippen molar-refractivity contribution in [3.63, 3.8) is 0 Å². The van der Waals surface area contributed by atoms with Gasteiger partial charge in [0.1, 0.15) is 5.75 Å². The fraction of sp³-hybridized carbons (Fsp3) is 0.462. The predicted octanol–water partition coefficient (Wildman–Crippen LogP) is 1.63. The third kappa shape index (κ3) is 3.67. The Balaban J connectivity index is 1.99. The van der Waals surface area contributed by atoms with Gasteiger partial charge in [-0.3, -0.25) is 14.9 Å². The number of carbonyl (C=O) groups excluding carboxylic acids is 1. The summed E-state index contributed by atoms with van der Waals surface area (Å²) in [6.07, 6.45) is 2.24. The van der Waals surface area contributed by atoms with Gasteiger partial charge < -0.3 is 15.7 Å². The molecule has 0 aliphatic carbocycles. The van der Waals surface area contributed by atoms with E-state index in [4.69, 9.17) is 0 Å². The second-order valence-electron chi connectivity index (χ2n) is 4.90. The number of phenolic OH excluding ortho intramolecular Hbond substituents is 1. The molecule has 0 saturated carbocycles. The molecule has 1 aliphatic rings. The minimum absolute atomic E-state index is 0.0816. The van der Waals surface area contributed by atoms with Crippen LogP contribution in [0.3, 0.4) is 0 Å². The number of rotatable bonds is 4. The summed E-state index contributed by atoms with van der Waals surface area (Å²) in [5.74, 6) is -0.0842. The smallest absolute Gasteiger partial charge is 0.271 e. The molecule has 0 bridgehead atoms. The maximum atomic E-state index is 11.9. The second kappa shape index (κ2) is 6.33. The van der Waals surface area contributed by atoms with Gasteiger partial charge >= 0.3 is 0 Å². The van der Waals surface area contributed by atoms with Crippen LogP contribution in [0.15, 0.2) is 18.2 Å². The fourth-order valence-corrected chi connectivity index (χ4v) is 2.29. The number of nitro benzene ring substituents is 1. The number of hydrogen-bond acceptors (Lipinski definition) is 5. The van der Waals surface area contributed by atoms with E-state index < -0.39 is 4.92 Å². The van der Waals surface area contributed by atoms with E-state index in [0.29, 0.717) is 12.3 Å². The number of nitro groups is 1.